The van der Waals surface area contributed by atoms with Gasteiger partial charge in [-0.15, -0.1) is 6.58 Å². The molecular weight excluding hydrogens is 200 g/mol. The lowest BCUT2D eigenvalue weighted by Gasteiger charge is -2.14. The summed E-state index contributed by atoms with van der Waals surface area (Å²) in [5.41, 5.74) is 2.15. The lowest BCUT2D eigenvalue weighted by Crippen LogP contribution is -2.15. The van der Waals surface area contributed by atoms with Crippen LogP contribution in [-0.2, 0) is 9.53 Å². The van der Waals surface area contributed by atoms with Crippen LogP contribution < -0.4 is 0 Å². The minimum Gasteiger partial charge on any atom is -0.466 e. The lowest BCUT2D eigenvalue weighted by molar-refractivity contribution is -0.144. The fourth-order valence-electron chi connectivity index (χ4n) is 1.66. The van der Waals surface area contributed by atoms with Crippen molar-refractivity contribution >= 4 is 5.97 Å². The standard InChI is InChI=1S/C14H18O2/c1-4-7-13(14(15)16-5-2)12-9-6-8-11(3)10-12/h4,6,8-10,13H,1,5,7H2,2-3H3. The minimum absolute atomic E-state index is 0.173. The van der Waals surface area contributed by atoms with Crippen LogP contribution in [0.3, 0.4) is 0 Å². The molecule has 0 saturated heterocycles. The van der Waals surface area contributed by atoms with E-state index >= 15 is 0 Å². The molecular formula is C14H18O2. The highest BCUT2D eigenvalue weighted by Crippen LogP contribution is 2.22. The smallest absolute Gasteiger partial charge is 0.313 e. The van der Waals surface area contributed by atoms with Crippen molar-refractivity contribution in [1.82, 2.24) is 0 Å². The average molecular weight is 218 g/mol. The SMILES string of the molecule is C=CCC(C(=O)OCC)c1cccc(C)c1. The van der Waals surface area contributed by atoms with Gasteiger partial charge in [-0.3, -0.25) is 4.79 Å². The van der Waals surface area contributed by atoms with E-state index in [0.717, 1.165) is 11.1 Å². The third-order valence-corrected chi connectivity index (χ3v) is 2.42. The summed E-state index contributed by atoms with van der Waals surface area (Å²) in [7, 11) is 0. The van der Waals surface area contributed by atoms with Crippen LogP contribution in [0.4, 0.5) is 0 Å². The van der Waals surface area contributed by atoms with Gasteiger partial charge in [0.15, 0.2) is 0 Å². The molecule has 1 aromatic rings. The second-order valence-corrected chi connectivity index (χ2v) is 3.74. The predicted molar refractivity (Wildman–Crippen MR) is 65.4 cm³/mol. The van der Waals surface area contributed by atoms with Gasteiger partial charge in [-0.2, -0.15) is 0 Å². The number of hydrogen-bond acceptors (Lipinski definition) is 2. The molecule has 0 amide bonds. The second kappa shape index (κ2) is 6.11. The lowest BCUT2D eigenvalue weighted by atomic mass is 9.94. The van der Waals surface area contributed by atoms with E-state index < -0.39 is 0 Å². The largest absolute Gasteiger partial charge is 0.466 e. The highest BCUT2D eigenvalue weighted by molar-refractivity contribution is 5.78. The normalized spacial score (nSPS) is 11.9. The van der Waals surface area contributed by atoms with Gasteiger partial charge < -0.3 is 4.74 Å². The van der Waals surface area contributed by atoms with Crippen LogP contribution in [0.2, 0.25) is 0 Å². The Kier molecular flexibility index (Phi) is 4.77. The number of carbonyl (C=O) groups is 1. The van der Waals surface area contributed by atoms with Crippen LogP contribution in [0.25, 0.3) is 0 Å². The maximum Gasteiger partial charge on any atom is 0.313 e. The van der Waals surface area contributed by atoms with Crippen LogP contribution in [0.1, 0.15) is 30.4 Å². The third-order valence-electron chi connectivity index (χ3n) is 2.42. The Bertz CT molecular complexity index is 369. The molecule has 0 N–H and O–H groups in total. The number of ether oxygens (including phenoxy) is 1. The topological polar surface area (TPSA) is 26.3 Å². The van der Waals surface area contributed by atoms with Crippen LogP contribution in [0.5, 0.6) is 0 Å². The molecule has 0 heterocycles. The number of benzene rings is 1. The van der Waals surface area contributed by atoms with Crippen LogP contribution in [0.15, 0.2) is 36.9 Å². The fourth-order valence-corrected chi connectivity index (χ4v) is 1.66. The second-order valence-electron chi connectivity index (χ2n) is 3.74. The third kappa shape index (κ3) is 3.23. The zero-order valence-electron chi connectivity index (χ0n) is 9.90. The molecule has 0 bridgehead atoms. The van der Waals surface area contributed by atoms with Crippen molar-refractivity contribution in [3.8, 4) is 0 Å². The quantitative estimate of drug-likeness (QED) is 0.560. The molecule has 0 saturated carbocycles. The van der Waals surface area contributed by atoms with Crippen LogP contribution in [0, 0.1) is 6.92 Å². The van der Waals surface area contributed by atoms with Gasteiger partial charge in [-0.05, 0) is 25.8 Å². The Morgan fingerprint density at radius 2 is 2.31 bits per heavy atom. The monoisotopic (exact) mass is 218 g/mol. The molecule has 0 aliphatic carbocycles. The first-order valence-corrected chi connectivity index (χ1v) is 5.53. The molecule has 0 aromatic heterocycles. The van der Waals surface area contributed by atoms with Gasteiger partial charge in [0.05, 0.1) is 12.5 Å². The Morgan fingerprint density at radius 1 is 1.56 bits per heavy atom. The molecule has 16 heavy (non-hydrogen) atoms. The van der Waals surface area contributed by atoms with E-state index in [1.54, 1.807) is 6.08 Å². The molecule has 1 atom stereocenters. The van der Waals surface area contributed by atoms with E-state index in [1.165, 1.54) is 0 Å². The van der Waals surface area contributed by atoms with Crippen molar-refractivity contribution in [2.24, 2.45) is 0 Å². The molecule has 86 valence electrons. The van der Waals surface area contributed by atoms with E-state index in [0.29, 0.717) is 13.0 Å². The maximum atomic E-state index is 11.8. The Morgan fingerprint density at radius 3 is 2.88 bits per heavy atom. The van der Waals surface area contributed by atoms with Gasteiger partial charge in [0, 0.05) is 0 Å². The number of carbonyl (C=O) groups excluding carboxylic acids is 1. The number of aryl methyl sites for hydroxylation is 1. The summed E-state index contributed by atoms with van der Waals surface area (Å²) in [6.45, 7) is 7.93. The molecule has 0 spiro atoms. The van der Waals surface area contributed by atoms with Gasteiger partial charge in [0.25, 0.3) is 0 Å². The first-order chi connectivity index (χ1) is 7.69. The van der Waals surface area contributed by atoms with E-state index in [-0.39, 0.29) is 11.9 Å². The summed E-state index contributed by atoms with van der Waals surface area (Å²) in [6.07, 6.45) is 2.37. The van der Waals surface area contributed by atoms with E-state index in [4.69, 9.17) is 4.74 Å². The van der Waals surface area contributed by atoms with E-state index in [1.807, 2.05) is 38.1 Å². The van der Waals surface area contributed by atoms with Gasteiger partial charge in [0.2, 0.25) is 0 Å². The van der Waals surface area contributed by atoms with Crippen LogP contribution in [-0.4, -0.2) is 12.6 Å². The summed E-state index contributed by atoms with van der Waals surface area (Å²) in [5, 5.41) is 0. The van der Waals surface area contributed by atoms with Crippen molar-refractivity contribution < 1.29 is 9.53 Å². The number of rotatable bonds is 5. The molecule has 1 rings (SSSR count). The van der Waals surface area contributed by atoms with Crippen molar-refractivity contribution in [3.63, 3.8) is 0 Å². The van der Waals surface area contributed by atoms with Gasteiger partial charge in [-0.25, -0.2) is 0 Å². The Labute approximate surface area is 96.9 Å². The minimum atomic E-state index is -0.225. The number of allylic oxidation sites excluding steroid dienone is 1. The van der Waals surface area contributed by atoms with E-state index in [9.17, 15) is 4.79 Å². The summed E-state index contributed by atoms with van der Waals surface area (Å²) in [6, 6.07) is 7.95. The fraction of sp³-hybridized carbons (Fsp3) is 0.357. The van der Waals surface area contributed by atoms with Crippen LogP contribution >= 0.6 is 0 Å². The van der Waals surface area contributed by atoms with E-state index in [2.05, 4.69) is 6.58 Å². The highest BCUT2D eigenvalue weighted by Gasteiger charge is 2.20. The van der Waals surface area contributed by atoms with Crippen molar-refractivity contribution in [1.29, 1.82) is 0 Å². The van der Waals surface area contributed by atoms with Crippen molar-refractivity contribution in [2.75, 3.05) is 6.61 Å². The number of esters is 1. The van der Waals surface area contributed by atoms with Gasteiger partial charge in [0.1, 0.15) is 0 Å². The average Bonchev–Trinajstić information content (AvgIpc) is 2.26. The zero-order valence-corrected chi connectivity index (χ0v) is 9.90. The molecule has 1 aromatic carbocycles. The summed E-state index contributed by atoms with van der Waals surface area (Å²) in [5.74, 6) is -0.398. The van der Waals surface area contributed by atoms with Gasteiger partial charge >= 0.3 is 5.97 Å². The number of hydrogen-bond donors (Lipinski definition) is 0. The highest BCUT2D eigenvalue weighted by atomic mass is 16.5. The molecule has 1 unspecified atom stereocenters. The van der Waals surface area contributed by atoms with Gasteiger partial charge in [-0.1, -0.05) is 35.9 Å². The maximum absolute atomic E-state index is 11.8. The summed E-state index contributed by atoms with van der Waals surface area (Å²) in [4.78, 5) is 11.8. The first kappa shape index (κ1) is 12.5. The summed E-state index contributed by atoms with van der Waals surface area (Å²) >= 11 is 0. The Balaban J connectivity index is 2.92. The molecule has 0 aliphatic heterocycles. The predicted octanol–water partition coefficient (Wildman–Crippen LogP) is 3.22. The molecule has 2 heteroatoms. The molecule has 0 aliphatic rings. The molecule has 0 radical (unpaired) electrons. The first-order valence-electron chi connectivity index (χ1n) is 5.53. The Hall–Kier alpha value is -1.57. The molecule has 0 fully saturated rings. The zero-order chi connectivity index (χ0) is 12.0. The molecule has 2 nitrogen and oxygen atoms in total. The van der Waals surface area contributed by atoms with Crippen molar-refractivity contribution in [2.45, 2.75) is 26.2 Å². The summed E-state index contributed by atoms with van der Waals surface area (Å²) < 4.78 is 5.06. The van der Waals surface area contributed by atoms with Crippen molar-refractivity contribution in [3.05, 3.63) is 48.0 Å².